The lowest BCUT2D eigenvalue weighted by atomic mass is 9.90. The minimum absolute atomic E-state index is 0.212. The molecule has 0 spiro atoms. The molecule has 12 heavy (non-hydrogen) atoms. The molecule has 1 saturated heterocycles. The zero-order valence-electron chi connectivity index (χ0n) is 7.45. The van der Waals surface area contributed by atoms with Crippen LogP contribution in [-0.2, 0) is 0 Å². The highest BCUT2D eigenvalue weighted by atomic mass is 15.3. The standard InChI is InChI=1S/C9H15N3/c1-9(6-10,7-2-3-7)12-4-8(11)5-12/h7-8H,2-5,11H2,1H3/t9-/m0/s1. The van der Waals surface area contributed by atoms with Gasteiger partial charge in [0.15, 0.2) is 0 Å². The molecule has 0 amide bonds. The summed E-state index contributed by atoms with van der Waals surface area (Å²) in [6.07, 6.45) is 2.44. The van der Waals surface area contributed by atoms with Crippen molar-refractivity contribution >= 4 is 0 Å². The first kappa shape index (κ1) is 8.03. The van der Waals surface area contributed by atoms with Crippen molar-refractivity contribution < 1.29 is 0 Å². The Kier molecular flexibility index (Phi) is 1.64. The number of nitrogens with two attached hydrogens (primary N) is 1. The lowest BCUT2D eigenvalue weighted by Gasteiger charge is -2.46. The summed E-state index contributed by atoms with van der Waals surface area (Å²) in [4.78, 5) is 2.22. The van der Waals surface area contributed by atoms with Crippen LogP contribution in [0.15, 0.2) is 0 Å². The van der Waals surface area contributed by atoms with E-state index < -0.39 is 0 Å². The predicted molar refractivity (Wildman–Crippen MR) is 46.3 cm³/mol. The lowest BCUT2D eigenvalue weighted by Crippen LogP contribution is -2.64. The number of rotatable bonds is 2. The molecule has 3 nitrogen and oxygen atoms in total. The van der Waals surface area contributed by atoms with Crippen molar-refractivity contribution in [2.75, 3.05) is 13.1 Å². The zero-order valence-corrected chi connectivity index (χ0v) is 7.45. The van der Waals surface area contributed by atoms with Crippen LogP contribution in [-0.4, -0.2) is 29.6 Å². The summed E-state index contributed by atoms with van der Waals surface area (Å²) in [5.74, 6) is 0.606. The van der Waals surface area contributed by atoms with Crippen molar-refractivity contribution in [2.45, 2.75) is 31.3 Å². The summed E-state index contributed by atoms with van der Waals surface area (Å²) in [6.45, 7) is 3.86. The van der Waals surface area contributed by atoms with Crippen molar-refractivity contribution in [1.82, 2.24) is 4.90 Å². The van der Waals surface area contributed by atoms with Gasteiger partial charge in [-0.3, -0.25) is 4.90 Å². The molecule has 2 fully saturated rings. The Hall–Kier alpha value is -0.590. The van der Waals surface area contributed by atoms with E-state index in [0.717, 1.165) is 13.1 Å². The lowest BCUT2D eigenvalue weighted by molar-refractivity contribution is 0.0472. The van der Waals surface area contributed by atoms with Crippen LogP contribution >= 0.6 is 0 Å². The molecule has 1 saturated carbocycles. The van der Waals surface area contributed by atoms with Gasteiger partial charge >= 0.3 is 0 Å². The van der Waals surface area contributed by atoms with Gasteiger partial charge in [0.1, 0.15) is 5.54 Å². The van der Waals surface area contributed by atoms with Gasteiger partial charge in [-0.2, -0.15) is 5.26 Å². The van der Waals surface area contributed by atoms with E-state index in [0.29, 0.717) is 12.0 Å². The summed E-state index contributed by atoms with van der Waals surface area (Å²) in [7, 11) is 0. The molecule has 0 aromatic rings. The summed E-state index contributed by atoms with van der Waals surface area (Å²) < 4.78 is 0. The zero-order chi connectivity index (χ0) is 8.77. The Labute approximate surface area is 73.1 Å². The fraction of sp³-hybridized carbons (Fsp3) is 0.889. The molecule has 0 aromatic heterocycles. The summed E-state index contributed by atoms with van der Waals surface area (Å²) in [6, 6.07) is 2.74. The van der Waals surface area contributed by atoms with Crippen molar-refractivity contribution in [3.05, 3.63) is 0 Å². The second kappa shape index (κ2) is 2.45. The van der Waals surface area contributed by atoms with E-state index in [-0.39, 0.29) is 5.54 Å². The van der Waals surface area contributed by atoms with Gasteiger partial charge in [0.2, 0.25) is 0 Å². The Morgan fingerprint density at radius 2 is 2.08 bits per heavy atom. The van der Waals surface area contributed by atoms with Crippen molar-refractivity contribution in [1.29, 1.82) is 5.26 Å². The molecule has 1 aliphatic carbocycles. The van der Waals surface area contributed by atoms with Crippen LogP contribution in [0.25, 0.3) is 0 Å². The van der Waals surface area contributed by atoms with E-state index in [1.165, 1.54) is 12.8 Å². The quantitative estimate of drug-likeness (QED) is 0.641. The van der Waals surface area contributed by atoms with Gasteiger partial charge in [-0.1, -0.05) is 0 Å². The third kappa shape index (κ3) is 1.03. The Morgan fingerprint density at radius 3 is 2.42 bits per heavy atom. The maximum Gasteiger partial charge on any atom is 0.109 e. The van der Waals surface area contributed by atoms with E-state index in [2.05, 4.69) is 17.9 Å². The van der Waals surface area contributed by atoms with Gasteiger partial charge in [0, 0.05) is 19.1 Å². The number of nitriles is 1. The molecular formula is C9H15N3. The SMILES string of the molecule is C[C@](C#N)(C1CC1)N1CC(N)C1. The molecule has 0 unspecified atom stereocenters. The van der Waals surface area contributed by atoms with Gasteiger partial charge in [0.05, 0.1) is 6.07 Å². The molecule has 0 radical (unpaired) electrons. The summed E-state index contributed by atoms with van der Waals surface area (Å²) in [5, 5.41) is 9.08. The molecule has 66 valence electrons. The topological polar surface area (TPSA) is 53.0 Å². The first-order chi connectivity index (χ1) is 5.66. The van der Waals surface area contributed by atoms with Crippen LogP contribution in [0.1, 0.15) is 19.8 Å². The van der Waals surface area contributed by atoms with Crippen molar-refractivity contribution in [3.8, 4) is 6.07 Å². The summed E-state index contributed by atoms with van der Waals surface area (Å²) in [5.41, 5.74) is 5.48. The Bertz CT molecular complexity index is 222. The maximum absolute atomic E-state index is 9.08. The molecule has 1 atom stereocenters. The van der Waals surface area contributed by atoms with Gasteiger partial charge in [0.25, 0.3) is 0 Å². The largest absolute Gasteiger partial charge is 0.325 e. The van der Waals surface area contributed by atoms with E-state index in [9.17, 15) is 0 Å². The highest BCUT2D eigenvalue weighted by Crippen LogP contribution is 2.43. The highest BCUT2D eigenvalue weighted by molar-refractivity contribution is 5.16. The first-order valence-corrected chi connectivity index (χ1v) is 4.58. The Balaban J connectivity index is 2.03. The fourth-order valence-corrected chi connectivity index (χ4v) is 1.96. The Morgan fingerprint density at radius 1 is 1.50 bits per heavy atom. The molecule has 1 heterocycles. The molecule has 0 bridgehead atoms. The minimum atomic E-state index is -0.212. The van der Waals surface area contributed by atoms with Crippen LogP contribution in [0.5, 0.6) is 0 Å². The normalized spacial score (nSPS) is 30.4. The molecule has 0 aromatic carbocycles. The van der Waals surface area contributed by atoms with Crippen molar-refractivity contribution in [2.24, 2.45) is 11.7 Å². The number of hydrogen-bond acceptors (Lipinski definition) is 3. The van der Waals surface area contributed by atoms with Gasteiger partial charge < -0.3 is 5.73 Å². The molecular weight excluding hydrogens is 150 g/mol. The highest BCUT2D eigenvalue weighted by Gasteiger charge is 2.49. The van der Waals surface area contributed by atoms with Crippen LogP contribution in [0.4, 0.5) is 0 Å². The van der Waals surface area contributed by atoms with Gasteiger partial charge in [-0.05, 0) is 25.7 Å². The van der Waals surface area contributed by atoms with E-state index >= 15 is 0 Å². The number of nitrogens with zero attached hydrogens (tertiary/aromatic N) is 2. The second-order valence-electron chi connectivity index (χ2n) is 4.20. The molecule has 2 aliphatic rings. The summed E-state index contributed by atoms with van der Waals surface area (Å²) >= 11 is 0. The van der Waals surface area contributed by atoms with Crippen LogP contribution < -0.4 is 5.73 Å². The fourth-order valence-electron chi connectivity index (χ4n) is 1.96. The maximum atomic E-state index is 9.08. The van der Waals surface area contributed by atoms with Crippen LogP contribution in [0, 0.1) is 17.2 Å². The average Bonchev–Trinajstić information content (AvgIpc) is 2.79. The van der Waals surface area contributed by atoms with E-state index in [1.54, 1.807) is 0 Å². The monoisotopic (exact) mass is 165 g/mol. The first-order valence-electron chi connectivity index (χ1n) is 4.58. The van der Waals surface area contributed by atoms with Crippen LogP contribution in [0.2, 0.25) is 0 Å². The average molecular weight is 165 g/mol. The number of likely N-dealkylation sites (tertiary alicyclic amines) is 1. The van der Waals surface area contributed by atoms with Crippen LogP contribution in [0.3, 0.4) is 0 Å². The van der Waals surface area contributed by atoms with E-state index in [4.69, 9.17) is 11.0 Å². The van der Waals surface area contributed by atoms with Gasteiger partial charge in [-0.25, -0.2) is 0 Å². The second-order valence-corrected chi connectivity index (χ2v) is 4.20. The van der Waals surface area contributed by atoms with Gasteiger partial charge in [-0.15, -0.1) is 0 Å². The third-order valence-electron chi connectivity index (χ3n) is 3.17. The minimum Gasteiger partial charge on any atom is -0.325 e. The number of hydrogen-bond donors (Lipinski definition) is 1. The smallest absolute Gasteiger partial charge is 0.109 e. The molecule has 2 rings (SSSR count). The molecule has 2 N–H and O–H groups in total. The molecule has 3 heteroatoms. The van der Waals surface area contributed by atoms with E-state index in [1.807, 2.05) is 0 Å². The third-order valence-corrected chi connectivity index (χ3v) is 3.17. The predicted octanol–water partition coefficient (Wildman–Crippen LogP) is 0.322. The molecule has 1 aliphatic heterocycles. The van der Waals surface area contributed by atoms with Crippen molar-refractivity contribution in [3.63, 3.8) is 0 Å².